The highest BCUT2D eigenvalue weighted by atomic mass is 16.4. The first-order valence-electron chi connectivity index (χ1n) is 7.96. The average Bonchev–Trinajstić information content (AvgIpc) is 2.43. The lowest BCUT2D eigenvalue weighted by Gasteiger charge is -2.35. The van der Waals surface area contributed by atoms with Gasteiger partial charge in [0, 0.05) is 18.8 Å². The van der Waals surface area contributed by atoms with E-state index in [4.69, 9.17) is 5.11 Å². The molecule has 1 aliphatic heterocycles. The van der Waals surface area contributed by atoms with Crippen LogP contribution in [-0.2, 0) is 11.2 Å². The van der Waals surface area contributed by atoms with E-state index >= 15 is 0 Å². The predicted molar refractivity (Wildman–Crippen MR) is 86.8 cm³/mol. The number of carbonyl (C=O) groups is 1. The maximum atomic E-state index is 11.1. The van der Waals surface area contributed by atoms with Crippen LogP contribution in [0.5, 0.6) is 0 Å². The number of hydrogen-bond donors (Lipinski definition) is 1. The van der Waals surface area contributed by atoms with Crippen molar-refractivity contribution < 1.29 is 9.90 Å². The van der Waals surface area contributed by atoms with Crippen LogP contribution in [0, 0.1) is 11.3 Å². The smallest absolute Gasteiger partial charge is 0.309 e. The normalized spacial score (nSPS) is 18.4. The molecule has 1 N–H and O–H groups in total. The molecule has 1 unspecified atom stereocenters. The van der Waals surface area contributed by atoms with Crippen LogP contribution in [0.25, 0.3) is 0 Å². The van der Waals surface area contributed by atoms with Crippen molar-refractivity contribution in [3.63, 3.8) is 0 Å². The molecular weight excluding hydrogens is 262 g/mol. The molecule has 2 rings (SSSR count). The number of aliphatic carboxylic acids is 1. The van der Waals surface area contributed by atoms with Gasteiger partial charge in [0.05, 0.1) is 5.41 Å². The zero-order valence-corrected chi connectivity index (χ0v) is 13.4. The topological polar surface area (TPSA) is 40.5 Å². The second kappa shape index (κ2) is 6.50. The predicted octanol–water partition coefficient (Wildman–Crippen LogP) is 3.97. The molecule has 0 bridgehead atoms. The van der Waals surface area contributed by atoms with Crippen LogP contribution in [0.1, 0.15) is 45.6 Å². The molecule has 3 nitrogen and oxygen atoms in total. The number of nitrogens with zero attached hydrogens (tertiary/aromatic N) is 1. The first kappa shape index (κ1) is 15.9. The summed E-state index contributed by atoms with van der Waals surface area (Å²) < 4.78 is 0. The Kier molecular flexibility index (Phi) is 4.92. The molecule has 21 heavy (non-hydrogen) atoms. The summed E-state index contributed by atoms with van der Waals surface area (Å²) in [7, 11) is 0. The molecule has 1 aliphatic rings. The maximum absolute atomic E-state index is 11.1. The molecule has 1 aromatic rings. The van der Waals surface area contributed by atoms with Gasteiger partial charge in [0.1, 0.15) is 0 Å². The van der Waals surface area contributed by atoms with Crippen LogP contribution in [0.15, 0.2) is 24.3 Å². The van der Waals surface area contributed by atoms with E-state index in [1.165, 1.54) is 17.7 Å². The quantitative estimate of drug-likeness (QED) is 0.806. The Morgan fingerprint density at radius 3 is 2.76 bits per heavy atom. The van der Waals surface area contributed by atoms with Crippen molar-refractivity contribution in [1.29, 1.82) is 0 Å². The number of hydrogen-bond acceptors (Lipinski definition) is 2. The van der Waals surface area contributed by atoms with E-state index in [2.05, 4.69) is 36.1 Å². The van der Waals surface area contributed by atoms with Gasteiger partial charge in [-0.2, -0.15) is 0 Å². The van der Waals surface area contributed by atoms with Crippen molar-refractivity contribution in [3.8, 4) is 0 Å². The van der Waals surface area contributed by atoms with Crippen LogP contribution >= 0.6 is 0 Å². The molecule has 0 amide bonds. The van der Waals surface area contributed by atoms with Gasteiger partial charge in [-0.1, -0.05) is 31.5 Å². The van der Waals surface area contributed by atoms with Gasteiger partial charge in [-0.05, 0) is 50.7 Å². The lowest BCUT2D eigenvalue weighted by molar-refractivity contribution is -0.147. The minimum absolute atomic E-state index is 0.604. The highest BCUT2D eigenvalue weighted by Crippen LogP contribution is 2.30. The molecule has 0 radical (unpaired) electrons. The van der Waals surface area contributed by atoms with Crippen molar-refractivity contribution >= 4 is 11.7 Å². The third-order valence-corrected chi connectivity index (χ3v) is 4.49. The lowest BCUT2D eigenvalue weighted by atomic mass is 9.87. The average molecular weight is 289 g/mol. The Labute approximate surface area is 128 Å². The first-order valence-corrected chi connectivity index (χ1v) is 7.96. The zero-order valence-electron chi connectivity index (χ0n) is 13.4. The van der Waals surface area contributed by atoms with E-state index in [1.54, 1.807) is 0 Å². The van der Waals surface area contributed by atoms with E-state index < -0.39 is 11.4 Å². The summed E-state index contributed by atoms with van der Waals surface area (Å²) in [4.78, 5) is 13.6. The molecule has 0 fully saturated rings. The third-order valence-electron chi connectivity index (χ3n) is 4.49. The SMILES string of the molecule is CC1Cc2ccccc2N(CCCCC(C)(C)C(=O)O)C1. The largest absolute Gasteiger partial charge is 0.481 e. The molecule has 0 aliphatic carbocycles. The third kappa shape index (κ3) is 3.99. The van der Waals surface area contributed by atoms with Crippen molar-refractivity contribution in [2.24, 2.45) is 11.3 Å². The minimum atomic E-state index is -0.695. The van der Waals surface area contributed by atoms with Gasteiger partial charge in [-0.15, -0.1) is 0 Å². The van der Waals surface area contributed by atoms with Crippen molar-refractivity contribution in [3.05, 3.63) is 29.8 Å². The molecule has 0 aromatic heterocycles. The summed E-state index contributed by atoms with van der Waals surface area (Å²) in [5, 5.41) is 9.14. The van der Waals surface area contributed by atoms with E-state index in [0.717, 1.165) is 32.4 Å². The fourth-order valence-corrected chi connectivity index (χ4v) is 3.09. The molecule has 116 valence electrons. The number of benzene rings is 1. The van der Waals surface area contributed by atoms with Gasteiger partial charge in [-0.3, -0.25) is 4.79 Å². The van der Waals surface area contributed by atoms with Crippen molar-refractivity contribution in [1.82, 2.24) is 0 Å². The van der Waals surface area contributed by atoms with Crippen LogP contribution in [0.3, 0.4) is 0 Å². The minimum Gasteiger partial charge on any atom is -0.481 e. The van der Waals surface area contributed by atoms with Gasteiger partial charge in [0.15, 0.2) is 0 Å². The van der Waals surface area contributed by atoms with Crippen LogP contribution in [-0.4, -0.2) is 24.2 Å². The van der Waals surface area contributed by atoms with Gasteiger partial charge in [0.25, 0.3) is 0 Å². The van der Waals surface area contributed by atoms with E-state index in [-0.39, 0.29) is 0 Å². The summed E-state index contributed by atoms with van der Waals surface area (Å²) in [6, 6.07) is 8.66. The second-order valence-electron chi connectivity index (χ2n) is 7.03. The summed E-state index contributed by atoms with van der Waals surface area (Å²) in [5.41, 5.74) is 2.21. The van der Waals surface area contributed by atoms with E-state index in [0.29, 0.717) is 5.92 Å². The number of anilines is 1. The summed E-state index contributed by atoms with van der Waals surface area (Å²) in [5.74, 6) is -0.00481. The number of carboxylic acid groups (broad SMARTS) is 1. The molecule has 0 saturated carbocycles. The number of fused-ring (bicyclic) bond motifs is 1. The number of para-hydroxylation sites is 1. The summed E-state index contributed by atoms with van der Waals surface area (Å²) in [6.07, 6.45) is 3.93. The summed E-state index contributed by atoms with van der Waals surface area (Å²) in [6.45, 7) is 8.06. The first-order chi connectivity index (χ1) is 9.90. The number of rotatable bonds is 6. The number of unbranched alkanes of at least 4 members (excludes halogenated alkanes) is 1. The molecule has 1 aromatic carbocycles. The van der Waals surface area contributed by atoms with E-state index in [9.17, 15) is 4.79 Å². The molecule has 0 spiro atoms. The molecule has 0 saturated heterocycles. The van der Waals surface area contributed by atoms with Gasteiger partial charge >= 0.3 is 5.97 Å². The van der Waals surface area contributed by atoms with E-state index in [1.807, 2.05) is 13.8 Å². The standard InChI is InChI=1S/C18H27NO2/c1-14-12-15-8-4-5-9-16(15)19(13-14)11-7-6-10-18(2,3)17(20)21/h4-5,8-9,14H,6-7,10-13H2,1-3H3,(H,20,21). The van der Waals surface area contributed by atoms with Crippen molar-refractivity contribution in [2.75, 3.05) is 18.0 Å². The van der Waals surface area contributed by atoms with Crippen LogP contribution in [0.4, 0.5) is 5.69 Å². The fraction of sp³-hybridized carbons (Fsp3) is 0.611. The van der Waals surface area contributed by atoms with Gasteiger partial charge in [0.2, 0.25) is 0 Å². The highest BCUT2D eigenvalue weighted by molar-refractivity contribution is 5.73. The Morgan fingerprint density at radius 2 is 2.05 bits per heavy atom. The fourth-order valence-electron chi connectivity index (χ4n) is 3.09. The Hall–Kier alpha value is -1.51. The van der Waals surface area contributed by atoms with Crippen LogP contribution in [0.2, 0.25) is 0 Å². The van der Waals surface area contributed by atoms with Gasteiger partial charge < -0.3 is 10.0 Å². The highest BCUT2D eigenvalue weighted by Gasteiger charge is 2.26. The molecular formula is C18H27NO2. The zero-order chi connectivity index (χ0) is 15.5. The molecule has 1 atom stereocenters. The Morgan fingerprint density at radius 1 is 1.33 bits per heavy atom. The Bertz CT molecular complexity index is 496. The summed E-state index contributed by atoms with van der Waals surface area (Å²) >= 11 is 0. The lowest BCUT2D eigenvalue weighted by Crippen LogP contribution is -2.35. The maximum Gasteiger partial charge on any atom is 0.309 e. The monoisotopic (exact) mass is 289 g/mol. The van der Waals surface area contributed by atoms with Crippen LogP contribution < -0.4 is 4.90 Å². The molecule has 3 heteroatoms. The van der Waals surface area contributed by atoms with Crippen molar-refractivity contribution in [2.45, 2.75) is 46.5 Å². The molecule has 1 heterocycles. The Balaban J connectivity index is 1.88. The number of carboxylic acids is 1. The van der Waals surface area contributed by atoms with Gasteiger partial charge in [-0.25, -0.2) is 0 Å². The second-order valence-corrected chi connectivity index (χ2v) is 7.03.